The molecule has 0 fully saturated rings. The van der Waals surface area contributed by atoms with E-state index in [1.165, 1.54) is 19.1 Å². The molecule has 0 radical (unpaired) electrons. The number of amides is 1. The van der Waals surface area contributed by atoms with Crippen molar-refractivity contribution >= 4 is 23.3 Å². The van der Waals surface area contributed by atoms with Gasteiger partial charge in [-0.15, -0.1) is 0 Å². The molecule has 0 bridgehead atoms. The minimum absolute atomic E-state index is 0.151. The summed E-state index contributed by atoms with van der Waals surface area (Å²) in [6.07, 6.45) is 0. The number of carboxylic acids is 1. The van der Waals surface area contributed by atoms with Crippen LogP contribution in [0.5, 0.6) is 0 Å². The zero-order chi connectivity index (χ0) is 11.4. The number of hydrogen-bond donors (Lipinski definition) is 2. The molecule has 78 valence electrons. The summed E-state index contributed by atoms with van der Waals surface area (Å²) in [6.45, 7) is 1.39. The van der Waals surface area contributed by atoms with E-state index in [-0.39, 0.29) is 11.5 Å². The topological polar surface area (TPSA) is 83.5 Å². The van der Waals surface area contributed by atoms with Gasteiger partial charge in [0.15, 0.2) is 5.78 Å². The van der Waals surface area contributed by atoms with Crippen LogP contribution >= 0.6 is 0 Å². The number of hydrogen-bond acceptors (Lipinski definition) is 3. The van der Waals surface area contributed by atoms with Crippen molar-refractivity contribution in [3.8, 4) is 0 Å². The lowest BCUT2D eigenvalue weighted by atomic mass is 10.1. The molecule has 0 heterocycles. The van der Waals surface area contributed by atoms with Gasteiger partial charge in [0.2, 0.25) is 0 Å². The Morgan fingerprint density at radius 1 is 1.27 bits per heavy atom. The van der Waals surface area contributed by atoms with E-state index in [4.69, 9.17) is 5.11 Å². The van der Waals surface area contributed by atoms with Gasteiger partial charge in [0.25, 0.3) is 0 Å². The third-order valence-corrected chi connectivity index (χ3v) is 1.72. The fourth-order valence-electron chi connectivity index (χ4n) is 1.00. The molecule has 1 aromatic rings. The number of carbonyl (C=O) groups excluding carboxylic acids is 2. The first kappa shape index (κ1) is 10.9. The Kier molecular flexibility index (Phi) is 3.17. The molecule has 0 spiro atoms. The first-order valence-electron chi connectivity index (χ1n) is 4.16. The van der Waals surface area contributed by atoms with Gasteiger partial charge < -0.3 is 10.4 Å². The van der Waals surface area contributed by atoms with Crippen molar-refractivity contribution in [2.75, 3.05) is 5.32 Å². The monoisotopic (exact) mass is 207 g/mol. The molecule has 5 nitrogen and oxygen atoms in total. The van der Waals surface area contributed by atoms with Gasteiger partial charge in [-0.25, -0.2) is 4.79 Å². The minimum atomic E-state index is -1.57. The molecule has 0 saturated carbocycles. The molecule has 5 heteroatoms. The van der Waals surface area contributed by atoms with E-state index < -0.39 is 11.9 Å². The molecule has 0 saturated heterocycles. The maximum atomic E-state index is 11.0. The van der Waals surface area contributed by atoms with Gasteiger partial charge in [-0.1, -0.05) is 12.1 Å². The number of anilines is 1. The lowest BCUT2D eigenvalue weighted by molar-refractivity contribution is -0.147. The van der Waals surface area contributed by atoms with E-state index in [0.29, 0.717) is 5.56 Å². The number of aliphatic carboxylic acids is 1. The molecule has 15 heavy (non-hydrogen) atoms. The Hall–Kier alpha value is -2.17. The molecule has 1 amide bonds. The third kappa shape index (κ3) is 2.91. The predicted octanol–water partition coefficient (Wildman–Crippen LogP) is 0.912. The van der Waals surface area contributed by atoms with Crippen molar-refractivity contribution in [3.63, 3.8) is 0 Å². The van der Waals surface area contributed by atoms with Gasteiger partial charge in [-0.2, -0.15) is 0 Å². The molecule has 1 rings (SSSR count). The van der Waals surface area contributed by atoms with Crippen LogP contribution in [0.1, 0.15) is 17.3 Å². The Morgan fingerprint density at radius 3 is 2.47 bits per heavy atom. The van der Waals surface area contributed by atoms with Crippen molar-refractivity contribution < 1.29 is 19.5 Å². The number of rotatable bonds is 2. The van der Waals surface area contributed by atoms with Gasteiger partial charge in [0.1, 0.15) is 0 Å². The highest BCUT2D eigenvalue weighted by atomic mass is 16.4. The quantitative estimate of drug-likeness (QED) is 0.557. The Balaban J connectivity index is 2.87. The highest BCUT2D eigenvalue weighted by molar-refractivity contribution is 6.36. The zero-order valence-corrected chi connectivity index (χ0v) is 7.98. The maximum Gasteiger partial charge on any atom is 0.394 e. The summed E-state index contributed by atoms with van der Waals surface area (Å²) in [5.41, 5.74) is 0.702. The molecule has 1 aromatic carbocycles. The first-order valence-corrected chi connectivity index (χ1v) is 4.16. The normalized spacial score (nSPS) is 9.40. The number of ketones is 1. The minimum Gasteiger partial charge on any atom is -0.474 e. The van der Waals surface area contributed by atoms with Crippen molar-refractivity contribution in [1.82, 2.24) is 0 Å². The number of Topliss-reactive ketones (excluding diaryl/α,β-unsaturated/α-hetero) is 1. The average molecular weight is 207 g/mol. The van der Waals surface area contributed by atoms with E-state index in [2.05, 4.69) is 5.32 Å². The molecular formula is C10H9NO4. The molecule has 0 aliphatic rings. The first-order chi connectivity index (χ1) is 7.00. The highest BCUT2D eigenvalue weighted by Gasteiger charge is 2.11. The van der Waals surface area contributed by atoms with Gasteiger partial charge in [-0.3, -0.25) is 9.59 Å². The van der Waals surface area contributed by atoms with Gasteiger partial charge in [-0.05, 0) is 19.1 Å². The average Bonchev–Trinajstić information content (AvgIpc) is 2.18. The lowest BCUT2D eigenvalue weighted by Gasteiger charge is -2.02. The second kappa shape index (κ2) is 4.36. The molecule has 0 unspecified atom stereocenters. The highest BCUT2D eigenvalue weighted by Crippen LogP contribution is 2.10. The number of benzene rings is 1. The van der Waals surface area contributed by atoms with Crippen LogP contribution in [-0.4, -0.2) is 22.8 Å². The summed E-state index contributed by atoms with van der Waals surface area (Å²) in [4.78, 5) is 32.0. The Morgan fingerprint density at radius 2 is 1.93 bits per heavy atom. The smallest absolute Gasteiger partial charge is 0.394 e. The Labute approximate surface area is 85.7 Å². The zero-order valence-electron chi connectivity index (χ0n) is 7.98. The summed E-state index contributed by atoms with van der Waals surface area (Å²) in [7, 11) is 0. The fourth-order valence-corrected chi connectivity index (χ4v) is 1.00. The molecular weight excluding hydrogens is 198 g/mol. The van der Waals surface area contributed by atoms with Crippen LogP contribution in [0.3, 0.4) is 0 Å². The van der Waals surface area contributed by atoms with Crippen LogP contribution in [0.15, 0.2) is 24.3 Å². The number of carboxylic acid groups (broad SMARTS) is 1. The van der Waals surface area contributed by atoms with Crippen molar-refractivity contribution in [2.45, 2.75) is 6.92 Å². The predicted molar refractivity (Wildman–Crippen MR) is 52.7 cm³/mol. The van der Waals surface area contributed by atoms with Gasteiger partial charge in [0, 0.05) is 11.3 Å². The summed E-state index contributed by atoms with van der Waals surface area (Å²) in [6, 6.07) is 6.07. The van der Waals surface area contributed by atoms with Crippen molar-refractivity contribution in [3.05, 3.63) is 29.8 Å². The second-order valence-corrected chi connectivity index (χ2v) is 2.90. The summed E-state index contributed by atoms with van der Waals surface area (Å²) < 4.78 is 0. The number of nitrogens with one attached hydrogen (secondary N) is 1. The van der Waals surface area contributed by atoms with Crippen LogP contribution in [0.4, 0.5) is 5.69 Å². The van der Waals surface area contributed by atoms with E-state index in [1.54, 1.807) is 12.1 Å². The van der Waals surface area contributed by atoms with E-state index in [0.717, 1.165) is 0 Å². The summed E-state index contributed by atoms with van der Waals surface area (Å²) in [5, 5.41) is 10.5. The number of carbonyl (C=O) groups is 3. The second-order valence-electron chi connectivity index (χ2n) is 2.90. The van der Waals surface area contributed by atoms with Crippen LogP contribution in [0.25, 0.3) is 0 Å². The van der Waals surface area contributed by atoms with Crippen LogP contribution in [-0.2, 0) is 9.59 Å². The molecule has 0 aliphatic heterocycles. The van der Waals surface area contributed by atoms with E-state index in [1.807, 2.05) is 0 Å². The third-order valence-electron chi connectivity index (χ3n) is 1.72. The summed E-state index contributed by atoms with van der Waals surface area (Å²) in [5.74, 6) is -2.85. The maximum absolute atomic E-state index is 11.0. The SMILES string of the molecule is CC(=O)c1cccc(NC(=O)C(=O)O)c1. The standard InChI is InChI=1S/C10H9NO4/c1-6(12)7-3-2-4-8(5-7)11-9(13)10(14)15/h2-5H,1H3,(H,11,13)(H,14,15). The van der Waals surface area contributed by atoms with Crippen molar-refractivity contribution in [2.24, 2.45) is 0 Å². The van der Waals surface area contributed by atoms with Crippen LogP contribution in [0.2, 0.25) is 0 Å². The van der Waals surface area contributed by atoms with E-state index in [9.17, 15) is 14.4 Å². The summed E-state index contributed by atoms with van der Waals surface area (Å²) >= 11 is 0. The molecule has 0 atom stereocenters. The molecule has 0 aliphatic carbocycles. The van der Waals surface area contributed by atoms with E-state index >= 15 is 0 Å². The largest absolute Gasteiger partial charge is 0.474 e. The van der Waals surface area contributed by atoms with Crippen LogP contribution < -0.4 is 5.32 Å². The fraction of sp³-hybridized carbons (Fsp3) is 0.100. The van der Waals surface area contributed by atoms with Crippen LogP contribution in [0, 0.1) is 0 Å². The van der Waals surface area contributed by atoms with Gasteiger partial charge >= 0.3 is 11.9 Å². The molecule has 2 N–H and O–H groups in total. The Bertz CT molecular complexity index is 425. The van der Waals surface area contributed by atoms with Gasteiger partial charge in [0.05, 0.1) is 0 Å². The molecule has 0 aromatic heterocycles. The van der Waals surface area contributed by atoms with Crippen molar-refractivity contribution in [1.29, 1.82) is 0 Å². The lowest BCUT2D eigenvalue weighted by Crippen LogP contribution is -2.21.